The summed E-state index contributed by atoms with van der Waals surface area (Å²) in [5.41, 5.74) is 2.30. The van der Waals surface area contributed by atoms with Gasteiger partial charge < -0.3 is 10.1 Å². The third kappa shape index (κ3) is 3.81. The van der Waals surface area contributed by atoms with Crippen LogP contribution in [0.25, 0.3) is 10.9 Å². The molecule has 2 heterocycles. The molecule has 0 amide bonds. The Hall–Kier alpha value is -2.26. The molecule has 1 aromatic heterocycles. The van der Waals surface area contributed by atoms with E-state index < -0.39 is 15.8 Å². The van der Waals surface area contributed by atoms with E-state index in [1.165, 1.54) is 18.3 Å². The second kappa shape index (κ2) is 7.63. The predicted molar refractivity (Wildman–Crippen MR) is 105 cm³/mol. The van der Waals surface area contributed by atoms with Gasteiger partial charge in [0.2, 0.25) is 10.0 Å². The number of aliphatic hydroxyl groups excluding tert-OH is 1. The number of aromatic nitrogens is 1. The van der Waals surface area contributed by atoms with Crippen molar-refractivity contribution in [2.24, 2.45) is 0 Å². The van der Waals surface area contributed by atoms with Gasteiger partial charge in [0.15, 0.2) is 0 Å². The molecule has 1 aliphatic heterocycles. The molecular weight excluding hydrogens is 381 g/mol. The van der Waals surface area contributed by atoms with Crippen molar-refractivity contribution in [3.8, 4) is 0 Å². The number of likely N-dealkylation sites (tertiary alicyclic amines) is 1. The van der Waals surface area contributed by atoms with Gasteiger partial charge in [-0.3, -0.25) is 4.90 Å². The monoisotopic (exact) mass is 403 g/mol. The van der Waals surface area contributed by atoms with E-state index in [9.17, 15) is 17.9 Å². The summed E-state index contributed by atoms with van der Waals surface area (Å²) in [4.78, 5) is 4.86. The van der Waals surface area contributed by atoms with Gasteiger partial charge in [-0.25, -0.2) is 17.5 Å². The number of halogens is 1. The van der Waals surface area contributed by atoms with E-state index in [4.69, 9.17) is 0 Å². The van der Waals surface area contributed by atoms with E-state index in [2.05, 4.69) is 14.6 Å². The Labute approximate surface area is 163 Å². The zero-order valence-corrected chi connectivity index (χ0v) is 16.0. The molecule has 8 heteroatoms. The predicted octanol–water partition coefficient (Wildman–Crippen LogP) is 2.35. The third-order valence-corrected chi connectivity index (χ3v) is 6.55. The van der Waals surface area contributed by atoms with Gasteiger partial charge in [-0.2, -0.15) is 0 Å². The number of rotatable bonds is 6. The van der Waals surface area contributed by atoms with Crippen molar-refractivity contribution >= 4 is 20.9 Å². The molecule has 28 heavy (non-hydrogen) atoms. The molecule has 2 aromatic carbocycles. The van der Waals surface area contributed by atoms with Crippen LogP contribution in [0, 0.1) is 5.82 Å². The average Bonchev–Trinajstić information content (AvgIpc) is 3.28. The number of fused-ring (bicyclic) bond motifs is 1. The van der Waals surface area contributed by atoms with Crippen molar-refractivity contribution in [3.63, 3.8) is 0 Å². The summed E-state index contributed by atoms with van der Waals surface area (Å²) in [6.45, 7) is 2.19. The van der Waals surface area contributed by atoms with E-state index in [1.807, 2.05) is 24.3 Å². The van der Waals surface area contributed by atoms with Crippen molar-refractivity contribution in [2.45, 2.75) is 30.5 Å². The van der Waals surface area contributed by atoms with Crippen LogP contribution >= 0.6 is 0 Å². The number of nitrogens with one attached hydrogen (secondary N) is 2. The standard InChI is InChI=1S/C20H22FN3O3S/c21-17-6-3-7-18-20(17)19(11-22-18)28(26,27)23-10-14-4-1-2-5-15(14)12-24-9-8-16(25)13-24/h1-7,11,16,22-23,25H,8-10,12-13H2. The summed E-state index contributed by atoms with van der Waals surface area (Å²) in [7, 11) is -3.89. The summed E-state index contributed by atoms with van der Waals surface area (Å²) >= 11 is 0. The molecule has 6 nitrogen and oxygen atoms in total. The van der Waals surface area contributed by atoms with Gasteiger partial charge in [-0.1, -0.05) is 30.3 Å². The van der Waals surface area contributed by atoms with Gasteiger partial charge >= 0.3 is 0 Å². The van der Waals surface area contributed by atoms with Crippen molar-refractivity contribution in [3.05, 3.63) is 65.6 Å². The van der Waals surface area contributed by atoms with Crippen LogP contribution in [0.4, 0.5) is 4.39 Å². The molecule has 1 fully saturated rings. The number of nitrogens with zero attached hydrogens (tertiary/aromatic N) is 1. The fourth-order valence-corrected chi connectivity index (χ4v) is 4.84. The van der Waals surface area contributed by atoms with Crippen LogP contribution in [-0.4, -0.2) is 42.6 Å². The highest BCUT2D eigenvalue weighted by atomic mass is 32.2. The summed E-state index contributed by atoms with van der Waals surface area (Å²) in [6, 6.07) is 12.0. The quantitative estimate of drug-likeness (QED) is 0.590. The highest BCUT2D eigenvalue weighted by Crippen LogP contribution is 2.25. The van der Waals surface area contributed by atoms with Crippen LogP contribution in [0.1, 0.15) is 17.5 Å². The van der Waals surface area contributed by atoms with Crippen LogP contribution in [0.5, 0.6) is 0 Å². The van der Waals surface area contributed by atoms with Crippen molar-refractivity contribution in [1.82, 2.24) is 14.6 Å². The normalized spacial score (nSPS) is 18.1. The molecule has 1 saturated heterocycles. The number of hydrogen-bond acceptors (Lipinski definition) is 4. The van der Waals surface area contributed by atoms with Gasteiger partial charge in [-0.15, -0.1) is 0 Å². The average molecular weight is 403 g/mol. The first-order valence-corrected chi connectivity index (χ1v) is 10.6. The smallest absolute Gasteiger partial charge is 0.243 e. The number of H-pyrrole nitrogens is 1. The van der Waals surface area contributed by atoms with Gasteiger partial charge in [0, 0.05) is 37.9 Å². The Morgan fingerprint density at radius 3 is 2.71 bits per heavy atom. The molecule has 3 N–H and O–H groups in total. The van der Waals surface area contributed by atoms with Crippen molar-refractivity contribution in [2.75, 3.05) is 13.1 Å². The zero-order valence-electron chi connectivity index (χ0n) is 15.2. The van der Waals surface area contributed by atoms with E-state index in [1.54, 1.807) is 6.07 Å². The molecule has 0 bridgehead atoms. The van der Waals surface area contributed by atoms with E-state index >= 15 is 0 Å². The van der Waals surface area contributed by atoms with Crippen LogP contribution in [0.2, 0.25) is 0 Å². The molecular formula is C20H22FN3O3S. The summed E-state index contributed by atoms with van der Waals surface area (Å²) < 4.78 is 42.3. The number of β-amino-alcohol motifs (C(OH)–C–C–N with tert-alkyl or cyclic N) is 1. The van der Waals surface area contributed by atoms with Crippen LogP contribution in [0.3, 0.4) is 0 Å². The lowest BCUT2D eigenvalue weighted by Gasteiger charge is -2.18. The Morgan fingerprint density at radius 2 is 1.96 bits per heavy atom. The first kappa shape index (κ1) is 19.1. The maximum absolute atomic E-state index is 14.2. The van der Waals surface area contributed by atoms with Gasteiger partial charge in [0.25, 0.3) is 0 Å². The molecule has 4 rings (SSSR count). The fourth-order valence-electron chi connectivity index (χ4n) is 3.65. The lowest BCUT2D eigenvalue weighted by Crippen LogP contribution is -2.26. The highest BCUT2D eigenvalue weighted by Gasteiger charge is 2.23. The number of aliphatic hydroxyl groups is 1. The second-order valence-corrected chi connectivity index (χ2v) is 8.82. The summed E-state index contributed by atoms with van der Waals surface area (Å²) in [5, 5.41) is 9.77. The largest absolute Gasteiger partial charge is 0.392 e. The molecule has 1 atom stereocenters. The molecule has 1 aliphatic rings. The molecule has 1 unspecified atom stereocenters. The summed E-state index contributed by atoms with van der Waals surface area (Å²) in [6.07, 6.45) is 1.76. The van der Waals surface area contributed by atoms with Crippen molar-refractivity contribution in [1.29, 1.82) is 0 Å². The van der Waals surface area contributed by atoms with Gasteiger partial charge in [0.1, 0.15) is 10.7 Å². The zero-order chi connectivity index (χ0) is 19.7. The van der Waals surface area contributed by atoms with Gasteiger partial charge in [0.05, 0.1) is 11.5 Å². The second-order valence-electron chi connectivity index (χ2n) is 7.09. The molecule has 0 spiro atoms. The number of hydrogen-bond donors (Lipinski definition) is 3. The number of sulfonamides is 1. The topological polar surface area (TPSA) is 85.4 Å². The molecule has 148 valence electrons. The SMILES string of the molecule is O=S(=O)(NCc1ccccc1CN1CCC(O)C1)c1c[nH]c2cccc(F)c12. The van der Waals surface area contributed by atoms with Crippen LogP contribution < -0.4 is 4.72 Å². The maximum atomic E-state index is 14.2. The molecule has 3 aromatic rings. The Kier molecular flexibility index (Phi) is 5.20. The number of aromatic amines is 1. The lowest BCUT2D eigenvalue weighted by molar-refractivity contribution is 0.174. The molecule has 0 saturated carbocycles. The van der Waals surface area contributed by atoms with E-state index in [0.717, 1.165) is 24.1 Å². The summed E-state index contributed by atoms with van der Waals surface area (Å²) in [5.74, 6) is -0.577. The Bertz CT molecular complexity index is 1100. The Morgan fingerprint density at radius 1 is 1.18 bits per heavy atom. The first-order chi connectivity index (χ1) is 13.4. The minimum atomic E-state index is -3.89. The van der Waals surface area contributed by atoms with E-state index in [-0.39, 0.29) is 22.9 Å². The maximum Gasteiger partial charge on any atom is 0.243 e. The molecule has 0 radical (unpaired) electrons. The highest BCUT2D eigenvalue weighted by molar-refractivity contribution is 7.89. The van der Waals surface area contributed by atoms with Crippen LogP contribution in [-0.2, 0) is 23.1 Å². The Balaban J connectivity index is 1.54. The molecule has 0 aliphatic carbocycles. The first-order valence-electron chi connectivity index (χ1n) is 9.16. The lowest BCUT2D eigenvalue weighted by atomic mass is 10.1. The van der Waals surface area contributed by atoms with Crippen LogP contribution in [0.15, 0.2) is 53.6 Å². The fraction of sp³-hybridized carbons (Fsp3) is 0.300. The number of benzene rings is 2. The minimum Gasteiger partial charge on any atom is -0.392 e. The van der Waals surface area contributed by atoms with E-state index in [0.29, 0.717) is 18.6 Å². The van der Waals surface area contributed by atoms with Gasteiger partial charge in [-0.05, 0) is 29.7 Å². The van der Waals surface area contributed by atoms with Crippen molar-refractivity contribution < 1.29 is 17.9 Å². The minimum absolute atomic E-state index is 0.0642. The third-order valence-electron chi connectivity index (χ3n) is 5.12.